The first-order valence-corrected chi connectivity index (χ1v) is 5.61. The molecule has 1 aromatic rings. The summed E-state index contributed by atoms with van der Waals surface area (Å²) < 4.78 is 0. The molecule has 0 fully saturated rings. The van der Waals surface area contributed by atoms with Gasteiger partial charge in [-0.25, -0.2) is 0 Å². The standard InChI is InChI=1S/C11H15NS/c1-3-8-11(2)12-9-6-4-5-7-10(9)13-11/h4-7,12H,3,8H2,1-2H3. The first kappa shape index (κ1) is 8.95. The lowest BCUT2D eigenvalue weighted by Gasteiger charge is -2.23. The number of para-hydroxylation sites is 1. The number of nitrogens with one attached hydrogen (secondary N) is 1. The summed E-state index contributed by atoms with van der Waals surface area (Å²) in [7, 11) is 0. The molecule has 0 saturated carbocycles. The lowest BCUT2D eigenvalue weighted by Crippen LogP contribution is -2.25. The van der Waals surface area contributed by atoms with E-state index in [9.17, 15) is 0 Å². The largest absolute Gasteiger partial charge is 0.370 e. The van der Waals surface area contributed by atoms with Crippen LogP contribution in [0.15, 0.2) is 29.2 Å². The van der Waals surface area contributed by atoms with E-state index in [1.165, 1.54) is 23.4 Å². The van der Waals surface area contributed by atoms with Crippen molar-refractivity contribution in [1.82, 2.24) is 0 Å². The number of hydrogen-bond donors (Lipinski definition) is 1. The van der Waals surface area contributed by atoms with Gasteiger partial charge in [0.2, 0.25) is 0 Å². The minimum Gasteiger partial charge on any atom is -0.370 e. The molecule has 1 nitrogen and oxygen atoms in total. The van der Waals surface area contributed by atoms with Gasteiger partial charge < -0.3 is 5.32 Å². The van der Waals surface area contributed by atoms with Crippen molar-refractivity contribution >= 4 is 17.4 Å². The predicted octanol–water partition coefficient (Wildman–Crippen LogP) is 3.72. The third kappa shape index (κ3) is 1.68. The summed E-state index contributed by atoms with van der Waals surface area (Å²) >= 11 is 1.95. The number of hydrogen-bond acceptors (Lipinski definition) is 2. The summed E-state index contributed by atoms with van der Waals surface area (Å²) in [5, 5.41) is 3.57. The van der Waals surface area contributed by atoms with Gasteiger partial charge in [-0.05, 0) is 25.5 Å². The molecule has 1 aliphatic rings. The van der Waals surface area contributed by atoms with E-state index < -0.39 is 0 Å². The van der Waals surface area contributed by atoms with Crippen molar-refractivity contribution in [2.24, 2.45) is 0 Å². The molecule has 1 unspecified atom stereocenters. The van der Waals surface area contributed by atoms with E-state index in [0.29, 0.717) is 0 Å². The quantitative estimate of drug-likeness (QED) is 0.768. The Morgan fingerprint density at radius 3 is 2.85 bits per heavy atom. The van der Waals surface area contributed by atoms with Gasteiger partial charge in [-0.2, -0.15) is 0 Å². The van der Waals surface area contributed by atoms with E-state index in [4.69, 9.17) is 0 Å². The molecule has 1 heterocycles. The highest BCUT2D eigenvalue weighted by Crippen LogP contribution is 2.46. The van der Waals surface area contributed by atoms with Crippen LogP contribution >= 0.6 is 11.8 Å². The van der Waals surface area contributed by atoms with Crippen LogP contribution in [0.3, 0.4) is 0 Å². The van der Waals surface area contributed by atoms with E-state index in [1.54, 1.807) is 0 Å². The van der Waals surface area contributed by atoms with Gasteiger partial charge in [-0.3, -0.25) is 0 Å². The lowest BCUT2D eigenvalue weighted by atomic mass is 10.2. The van der Waals surface area contributed by atoms with Gasteiger partial charge in [0.05, 0.1) is 4.87 Å². The number of fused-ring (bicyclic) bond motifs is 1. The molecule has 2 heteroatoms. The second-order valence-corrected chi connectivity index (χ2v) is 5.25. The molecule has 1 aromatic carbocycles. The zero-order chi connectivity index (χ0) is 9.31. The molecule has 1 atom stereocenters. The molecule has 2 rings (SSSR count). The summed E-state index contributed by atoms with van der Waals surface area (Å²) in [6.45, 7) is 4.51. The molecule has 1 N–H and O–H groups in total. The van der Waals surface area contributed by atoms with E-state index in [1.807, 2.05) is 11.8 Å². The molecule has 13 heavy (non-hydrogen) atoms. The number of thioether (sulfide) groups is 1. The smallest absolute Gasteiger partial charge is 0.0852 e. The van der Waals surface area contributed by atoms with Gasteiger partial charge in [0.1, 0.15) is 0 Å². The van der Waals surface area contributed by atoms with E-state index >= 15 is 0 Å². The highest BCUT2D eigenvalue weighted by molar-refractivity contribution is 8.01. The average molecular weight is 193 g/mol. The third-order valence-corrected chi connectivity index (χ3v) is 3.68. The van der Waals surface area contributed by atoms with Crippen molar-refractivity contribution in [1.29, 1.82) is 0 Å². The van der Waals surface area contributed by atoms with Gasteiger partial charge in [-0.15, -0.1) is 0 Å². The monoisotopic (exact) mass is 193 g/mol. The molecule has 70 valence electrons. The Morgan fingerprint density at radius 2 is 2.15 bits per heavy atom. The van der Waals surface area contributed by atoms with Crippen LogP contribution in [0.2, 0.25) is 0 Å². The van der Waals surface area contributed by atoms with Crippen molar-refractivity contribution in [2.75, 3.05) is 5.32 Å². The maximum Gasteiger partial charge on any atom is 0.0852 e. The Hall–Kier alpha value is -0.630. The van der Waals surface area contributed by atoms with Gasteiger partial charge >= 0.3 is 0 Å². The second kappa shape index (κ2) is 3.26. The van der Waals surface area contributed by atoms with Crippen LogP contribution in [0.25, 0.3) is 0 Å². The maximum absolute atomic E-state index is 3.57. The highest BCUT2D eigenvalue weighted by Gasteiger charge is 2.31. The van der Waals surface area contributed by atoms with Crippen LogP contribution in [-0.4, -0.2) is 4.87 Å². The topological polar surface area (TPSA) is 12.0 Å². The van der Waals surface area contributed by atoms with Gasteiger partial charge in [0.15, 0.2) is 0 Å². The molecule has 0 aliphatic carbocycles. The minimum atomic E-state index is 0.221. The molecule has 0 amide bonds. The maximum atomic E-state index is 3.57. The van der Waals surface area contributed by atoms with Gasteiger partial charge in [0, 0.05) is 10.6 Å². The summed E-state index contributed by atoms with van der Waals surface area (Å²) in [5.41, 5.74) is 1.29. The molecule has 0 radical (unpaired) electrons. The normalized spacial score (nSPS) is 25.4. The first-order valence-electron chi connectivity index (χ1n) is 4.80. The van der Waals surface area contributed by atoms with Crippen LogP contribution in [0.4, 0.5) is 5.69 Å². The van der Waals surface area contributed by atoms with Crippen molar-refractivity contribution in [2.45, 2.75) is 36.5 Å². The van der Waals surface area contributed by atoms with Crippen molar-refractivity contribution in [3.8, 4) is 0 Å². The van der Waals surface area contributed by atoms with E-state index in [2.05, 4.69) is 43.4 Å². The molecule has 0 spiro atoms. The molecular formula is C11H15NS. The zero-order valence-electron chi connectivity index (χ0n) is 8.13. The fourth-order valence-corrected chi connectivity index (χ4v) is 3.13. The summed E-state index contributed by atoms with van der Waals surface area (Å²) in [6, 6.07) is 8.53. The molecule has 0 saturated heterocycles. The highest BCUT2D eigenvalue weighted by atomic mass is 32.2. The Kier molecular flexibility index (Phi) is 2.24. The summed E-state index contributed by atoms with van der Waals surface area (Å²) in [5.74, 6) is 0. The van der Waals surface area contributed by atoms with Gasteiger partial charge in [-0.1, -0.05) is 37.2 Å². The Morgan fingerprint density at radius 1 is 1.38 bits per heavy atom. The average Bonchev–Trinajstić information content (AvgIpc) is 2.40. The fourth-order valence-electron chi connectivity index (χ4n) is 1.80. The third-order valence-electron chi connectivity index (χ3n) is 2.35. The first-order chi connectivity index (χ1) is 6.23. The van der Waals surface area contributed by atoms with Crippen molar-refractivity contribution in [3.63, 3.8) is 0 Å². The number of rotatable bonds is 2. The molecule has 1 aliphatic heterocycles. The predicted molar refractivity (Wildman–Crippen MR) is 59.2 cm³/mol. The molecule has 0 bridgehead atoms. The van der Waals surface area contributed by atoms with E-state index in [-0.39, 0.29) is 4.87 Å². The van der Waals surface area contributed by atoms with Crippen LogP contribution in [0, 0.1) is 0 Å². The van der Waals surface area contributed by atoms with Crippen LogP contribution in [0.5, 0.6) is 0 Å². The van der Waals surface area contributed by atoms with E-state index in [0.717, 1.165) is 0 Å². The summed E-state index contributed by atoms with van der Waals surface area (Å²) in [6.07, 6.45) is 2.44. The Labute approximate surface area is 83.9 Å². The Balaban J connectivity index is 2.21. The lowest BCUT2D eigenvalue weighted by molar-refractivity contribution is 0.647. The zero-order valence-corrected chi connectivity index (χ0v) is 8.95. The van der Waals surface area contributed by atoms with Crippen molar-refractivity contribution < 1.29 is 0 Å². The molecular weight excluding hydrogens is 178 g/mol. The SMILES string of the molecule is CCCC1(C)Nc2ccccc2S1. The minimum absolute atomic E-state index is 0.221. The number of anilines is 1. The summed E-state index contributed by atoms with van der Waals surface area (Å²) in [4.78, 5) is 1.61. The van der Waals surface area contributed by atoms with Crippen LogP contribution in [-0.2, 0) is 0 Å². The number of benzene rings is 1. The second-order valence-electron chi connectivity index (χ2n) is 3.70. The Bertz CT molecular complexity index is 284. The van der Waals surface area contributed by atoms with Crippen LogP contribution < -0.4 is 5.32 Å². The fraction of sp³-hybridized carbons (Fsp3) is 0.455. The van der Waals surface area contributed by atoms with Gasteiger partial charge in [0.25, 0.3) is 0 Å². The van der Waals surface area contributed by atoms with Crippen LogP contribution in [0.1, 0.15) is 26.7 Å². The van der Waals surface area contributed by atoms with Crippen molar-refractivity contribution in [3.05, 3.63) is 24.3 Å². The molecule has 0 aromatic heterocycles.